The van der Waals surface area contributed by atoms with Crippen LogP contribution in [0.1, 0.15) is 45.4 Å². The third-order valence-electron chi connectivity index (χ3n) is 4.08. The van der Waals surface area contributed by atoms with E-state index in [0.717, 1.165) is 37.8 Å². The Bertz CT molecular complexity index is 248. The zero-order chi connectivity index (χ0) is 11.5. The number of piperidine rings is 1. The largest absolute Gasteiger partial charge is 0.341 e. The van der Waals surface area contributed by atoms with Crippen LogP contribution in [0.2, 0.25) is 0 Å². The molecule has 0 aromatic carbocycles. The van der Waals surface area contributed by atoms with Crippen molar-refractivity contribution >= 4 is 21.8 Å². The lowest BCUT2D eigenvalue weighted by molar-refractivity contribution is -0.133. The minimum Gasteiger partial charge on any atom is -0.341 e. The first-order chi connectivity index (χ1) is 7.66. The molecule has 1 saturated carbocycles. The zero-order valence-electron chi connectivity index (χ0n) is 10.1. The van der Waals surface area contributed by atoms with Crippen LogP contribution in [0.15, 0.2) is 0 Å². The third-order valence-corrected chi connectivity index (χ3v) is 4.93. The molecule has 92 valence electrons. The minimum atomic E-state index is 0.0868. The summed E-state index contributed by atoms with van der Waals surface area (Å²) >= 11 is 3.48. The van der Waals surface area contributed by atoms with Crippen molar-refractivity contribution in [2.45, 2.75) is 50.3 Å². The summed E-state index contributed by atoms with van der Waals surface area (Å²) in [5.41, 5.74) is 0. The molecule has 1 unspecified atom stereocenters. The van der Waals surface area contributed by atoms with Crippen molar-refractivity contribution in [1.29, 1.82) is 0 Å². The maximum Gasteiger partial charge on any atom is 0.236 e. The molecule has 1 aliphatic carbocycles. The van der Waals surface area contributed by atoms with Crippen molar-refractivity contribution in [2.75, 3.05) is 13.1 Å². The molecule has 1 heterocycles. The number of alkyl halides is 1. The highest BCUT2D eigenvalue weighted by atomic mass is 79.9. The highest BCUT2D eigenvalue weighted by Crippen LogP contribution is 2.30. The molecule has 0 radical (unpaired) electrons. The van der Waals surface area contributed by atoms with Gasteiger partial charge < -0.3 is 4.90 Å². The number of hydrogen-bond acceptors (Lipinski definition) is 1. The molecule has 1 saturated heterocycles. The molecule has 0 bridgehead atoms. The fourth-order valence-electron chi connectivity index (χ4n) is 2.90. The van der Waals surface area contributed by atoms with Gasteiger partial charge in [-0.3, -0.25) is 4.79 Å². The molecule has 0 N–H and O–H groups in total. The van der Waals surface area contributed by atoms with Crippen molar-refractivity contribution in [2.24, 2.45) is 11.8 Å². The van der Waals surface area contributed by atoms with Gasteiger partial charge in [0.1, 0.15) is 0 Å². The van der Waals surface area contributed by atoms with E-state index in [2.05, 4.69) is 27.8 Å². The molecule has 0 aromatic heterocycles. The van der Waals surface area contributed by atoms with Gasteiger partial charge in [-0.15, -0.1) is 0 Å². The van der Waals surface area contributed by atoms with Crippen LogP contribution in [0.4, 0.5) is 0 Å². The summed E-state index contributed by atoms with van der Waals surface area (Å²) < 4.78 is 0. The first-order valence-electron chi connectivity index (χ1n) is 6.59. The fraction of sp³-hybridized carbons (Fsp3) is 0.923. The third kappa shape index (κ3) is 2.99. The molecule has 2 rings (SSSR count). The van der Waals surface area contributed by atoms with Crippen LogP contribution in [0.25, 0.3) is 0 Å². The van der Waals surface area contributed by atoms with Gasteiger partial charge in [0.15, 0.2) is 0 Å². The first-order valence-corrected chi connectivity index (χ1v) is 7.51. The van der Waals surface area contributed by atoms with Crippen LogP contribution in [-0.2, 0) is 4.79 Å². The molecule has 3 heteroatoms. The summed E-state index contributed by atoms with van der Waals surface area (Å²) in [5.74, 6) is 1.99. The van der Waals surface area contributed by atoms with Crippen molar-refractivity contribution in [3.63, 3.8) is 0 Å². The van der Waals surface area contributed by atoms with Crippen LogP contribution in [0, 0.1) is 11.8 Å². The van der Waals surface area contributed by atoms with E-state index in [4.69, 9.17) is 0 Å². The Morgan fingerprint density at radius 1 is 1.25 bits per heavy atom. The van der Waals surface area contributed by atoms with E-state index in [0.29, 0.717) is 5.91 Å². The van der Waals surface area contributed by atoms with Gasteiger partial charge in [-0.2, -0.15) is 0 Å². The summed E-state index contributed by atoms with van der Waals surface area (Å²) in [5, 5.41) is 0. The number of halogens is 1. The monoisotopic (exact) mass is 287 g/mol. The molecule has 2 nitrogen and oxygen atoms in total. The number of carbonyl (C=O) groups excluding carboxylic acids is 1. The van der Waals surface area contributed by atoms with Crippen LogP contribution >= 0.6 is 15.9 Å². The Morgan fingerprint density at radius 3 is 2.62 bits per heavy atom. The van der Waals surface area contributed by atoms with Gasteiger partial charge in [-0.05, 0) is 37.5 Å². The summed E-state index contributed by atoms with van der Waals surface area (Å²) in [6, 6.07) is 0. The molecule has 1 amide bonds. The lowest BCUT2D eigenvalue weighted by Crippen LogP contribution is -2.44. The average molecular weight is 288 g/mol. The highest BCUT2D eigenvalue weighted by Gasteiger charge is 2.29. The predicted octanol–water partition coefficient (Wildman–Crippen LogP) is 3.20. The van der Waals surface area contributed by atoms with Gasteiger partial charge >= 0.3 is 0 Å². The van der Waals surface area contributed by atoms with Crippen LogP contribution in [0.3, 0.4) is 0 Å². The van der Waals surface area contributed by atoms with E-state index >= 15 is 0 Å². The lowest BCUT2D eigenvalue weighted by atomic mass is 9.82. The van der Waals surface area contributed by atoms with Crippen molar-refractivity contribution in [3.8, 4) is 0 Å². The van der Waals surface area contributed by atoms with Gasteiger partial charge in [0.2, 0.25) is 5.91 Å². The highest BCUT2D eigenvalue weighted by molar-refractivity contribution is 9.10. The van der Waals surface area contributed by atoms with Gasteiger partial charge in [0.05, 0.1) is 4.83 Å². The smallest absolute Gasteiger partial charge is 0.236 e. The minimum absolute atomic E-state index is 0.0868. The second-order valence-corrected chi connectivity index (χ2v) is 6.63. The number of nitrogens with zero attached hydrogens (tertiary/aromatic N) is 1. The first kappa shape index (κ1) is 12.4. The Balaban J connectivity index is 1.82. The Kier molecular flexibility index (Phi) is 4.28. The summed E-state index contributed by atoms with van der Waals surface area (Å²) in [6.07, 6.45) is 7.51. The SMILES string of the molecule is CC1CCC(CN2CCCC(Br)C2=O)CC1. The number of hydrogen-bond donors (Lipinski definition) is 0. The topological polar surface area (TPSA) is 20.3 Å². The average Bonchev–Trinajstić information content (AvgIpc) is 2.28. The quantitative estimate of drug-likeness (QED) is 0.715. The fourth-order valence-corrected chi connectivity index (χ4v) is 3.51. The van der Waals surface area contributed by atoms with E-state index < -0.39 is 0 Å². The Hall–Kier alpha value is -0.0500. The van der Waals surface area contributed by atoms with Crippen LogP contribution in [-0.4, -0.2) is 28.7 Å². The molecule has 0 aromatic rings. The Morgan fingerprint density at radius 2 is 1.94 bits per heavy atom. The summed E-state index contributed by atoms with van der Waals surface area (Å²) in [7, 11) is 0. The van der Waals surface area contributed by atoms with E-state index in [-0.39, 0.29) is 4.83 Å². The van der Waals surface area contributed by atoms with Gasteiger partial charge in [-0.1, -0.05) is 35.7 Å². The van der Waals surface area contributed by atoms with Crippen molar-refractivity contribution in [1.82, 2.24) is 4.90 Å². The molecule has 2 fully saturated rings. The van der Waals surface area contributed by atoms with Gasteiger partial charge in [0, 0.05) is 13.1 Å². The maximum absolute atomic E-state index is 11.9. The standard InChI is InChI=1S/C13H22BrNO/c1-10-4-6-11(7-5-10)9-15-8-2-3-12(14)13(15)16/h10-12H,2-9H2,1H3. The van der Waals surface area contributed by atoms with E-state index in [9.17, 15) is 4.79 Å². The molecule has 1 atom stereocenters. The second-order valence-electron chi connectivity index (χ2n) is 5.52. The van der Waals surface area contributed by atoms with Crippen LogP contribution < -0.4 is 0 Å². The molecular formula is C13H22BrNO. The number of amides is 1. The molecular weight excluding hydrogens is 266 g/mol. The maximum atomic E-state index is 11.9. The van der Waals surface area contributed by atoms with E-state index in [1.54, 1.807) is 0 Å². The number of carbonyl (C=O) groups is 1. The molecule has 2 aliphatic rings. The van der Waals surface area contributed by atoms with Crippen molar-refractivity contribution in [3.05, 3.63) is 0 Å². The predicted molar refractivity (Wildman–Crippen MR) is 69.7 cm³/mol. The van der Waals surface area contributed by atoms with Gasteiger partial charge in [-0.25, -0.2) is 0 Å². The van der Waals surface area contributed by atoms with E-state index in [1.807, 2.05) is 0 Å². The van der Waals surface area contributed by atoms with Crippen LogP contribution in [0.5, 0.6) is 0 Å². The van der Waals surface area contributed by atoms with Crippen molar-refractivity contribution < 1.29 is 4.79 Å². The number of rotatable bonds is 2. The molecule has 0 spiro atoms. The summed E-state index contributed by atoms with van der Waals surface area (Å²) in [6.45, 7) is 4.33. The zero-order valence-corrected chi connectivity index (χ0v) is 11.7. The Labute approximate surface area is 107 Å². The summed E-state index contributed by atoms with van der Waals surface area (Å²) in [4.78, 5) is 14.1. The second kappa shape index (κ2) is 5.52. The number of likely N-dealkylation sites (tertiary alicyclic amines) is 1. The lowest BCUT2D eigenvalue weighted by Gasteiger charge is -2.35. The molecule has 1 aliphatic heterocycles. The normalized spacial score (nSPS) is 36.5. The van der Waals surface area contributed by atoms with E-state index in [1.165, 1.54) is 25.7 Å². The molecule has 16 heavy (non-hydrogen) atoms. The van der Waals surface area contributed by atoms with Gasteiger partial charge in [0.25, 0.3) is 0 Å².